The summed E-state index contributed by atoms with van der Waals surface area (Å²) in [4.78, 5) is 29.1. The molecule has 3 rings (SSSR count). The van der Waals surface area contributed by atoms with Crippen LogP contribution in [-0.4, -0.2) is 85.0 Å². The van der Waals surface area contributed by atoms with Gasteiger partial charge in [0.1, 0.15) is 22.9 Å². The Morgan fingerprint density at radius 1 is 1.09 bits per heavy atom. The number of hydrogen-bond acceptors (Lipinski definition) is 8. The fraction of sp³-hybridized carbons (Fsp3) is 0.500. The molecule has 2 heterocycles. The lowest BCUT2D eigenvalue weighted by atomic mass is 10.1. The van der Waals surface area contributed by atoms with Gasteiger partial charge in [-0.1, -0.05) is 0 Å². The second kappa shape index (κ2) is 11.0. The maximum absolute atomic E-state index is 12.6. The van der Waals surface area contributed by atoms with Crippen LogP contribution in [0.2, 0.25) is 0 Å². The van der Waals surface area contributed by atoms with Crippen LogP contribution in [0.25, 0.3) is 0 Å². The number of amides is 1. The Labute approximate surface area is 188 Å². The molecule has 10 nitrogen and oxygen atoms in total. The van der Waals surface area contributed by atoms with Crippen molar-refractivity contribution in [2.24, 2.45) is 7.05 Å². The van der Waals surface area contributed by atoms with E-state index in [1.165, 1.54) is 10.9 Å². The van der Waals surface area contributed by atoms with E-state index in [4.69, 9.17) is 14.2 Å². The standard InChI is InChI=1S/C22H31N5O5/c1-5-32-22(29)18-13-23-25(2)21(18)24-20(28)15-27-10-8-26(9-11-27)14-16-12-17(30-3)6-7-19(16)31-4/h6-7,12-13H,5,8-11,14-15H2,1-4H3,(H,24,28). The van der Waals surface area contributed by atoms with E-state index in [2.05, 4.69) is 20.2 Å². The van der Waals surface area contributed by atoms with Gasteiger partial charge in [-0.2, -0.15) is 5.10 Å². The minimum absolute atomic E-state index is 0.193. The zero-order valence-corrected chi connectivity index (χ0v) is 19.1. The lowest BCUT2D eigenvalue weighted by Crippen LogP contribution is -2.48. The SMILES string of the molecule is CCOC(=O)c1cnn(C)c1NC(=O)CN1CCN(Cc2cc(OC)ccc2OC)CC1. The van der Waals surface area contributed by atoms with Crippen LogP contribution >= 0.6 is 0 Å². The number of nitrogens with zero attached hydrogens (tertiary/aromatic N) is 4. The summed E-state index contributed by atoms with van der Waals surface area (Å²) in [5.74, 6) is 1.28. The van der Waals surface area contributed by atoms with Crippen molar-refractivity contribution in [1.82, 2.24) is 19.6 Å². The molecule has 1 aromatic carbocycles. The molecule has 2 aromatic rings. The molecule has 0 atom stereocenters. The Morgan fingerprint density at radius 3 is 2.47 bits per heavy atom. The van der Waals surface area contributed by atoms with Crippen molar-refractivity contribution in [1.29, 1.82) is 0 Å². The van der Waals surface area contributed by atoms with E-state index < -0.39 is 5.97 Å². The number of carbonyl (C=O) groups excluding carboxylic acids is 2. The van der Waals surface area contributed by atoms with Gasteiger partial charge < -0.3 is 19.5 Å². The third-order valence-electron chi connectivity index (χ3n) is 5.41. The molecule has 1 aromatic heterocycles. The molecule has 1 amide bonds. The fourth-order valence-electron chi connectivity index (χ4n) is 3.67. The van der Waals surface area contributed by atoms with Crippen molar-refractivity contribution in [3.8, 4) is 11.5 Å². The molecule has 0 spiro atoms. The van der Waals surface area contributed by atoms with Gasteiger partial charge in [-0.25, -0.2) is 4.79 Å². The van der Waals surface area contributed by atoms with Gasteiger partial charge in [0.15, 0.2) is 0 Å². The van der Waals surface area contributed by atoms with Crippen molar-refractivity contribution in [3.05, 3.63) is 35.5 Å². The van der Waals surface area contributed by atoms with Gasteiger partial charge in [0.2, 0.25) is 5.91 Å². The summed E-state index contributed by atoms with van der Waals surface area (Å²) < 4.78 is 17.3. The molecule has 0 unspecified atom stereocenters. The second-order valence-electron chi connectivity index (χ2n) is 7.53. The summed E-state index contributed by atoms with van der Waals surface area (Å²) >= 11 is 0. The minimum atomic E-state index is -0.502. The van der Waals surface area contributed by atoms with Crippen molar-refractivity contribution in [2.45, 2.75) is 13.5 Å². The molecular weight excluding hydrogens is 414 g/mol. The van der Waals surface area contributed by atoms with Crippen LogP contribution in [0.1, 0.15) is 22.8 Å². The molecule has 10 heteroatoms. The number of esters is 1. The highest BCUT2D eigenvalue weighted by molar-refractivity contribution is 6.00. The summed E-state index contributed by atoms with van der Waals surface area (Å²) in [6.45, 7) is 6.15. The van der Waals surface area contributed by atoms with Crippen molar-refractivity contribution in [3.63, 3.8) is 0 Å². The van der Waals surface area contributed by atoms with Gasteiger partial charge in [-0.3, -0.25) is 19.3 Å². The molecule has 1 N–H and O–H groups in total. The molecule has 1 aliphatic heterocycles. The number of hydrogen-bond donors (Lipinski definition) is 1. The molecule has 0 aliphatic carbocycles. The van der Waals surface area contributed by atoms with Crippen LogP contribution < -0.4 is 14.8 Å². The van der Waals surface area contributed by atoms with Crippen LogP contribution in [0.4, 0.5) is 5.82 Å². The van der Waals surface area contributed by atoms with E-state index in [9.17, 15) is 9.59 Å². The summed E-state index contributed by atoms with van der Waals surface area (Å²) in [6, 6.07) is 5.79. The molecule has 1 fully saturated rings. The van der Waals surface area contributed by atoms with E-state index in [0.717, 1.165) is 49.8 Å². The normalized spacial score (nSPS) is 14.8. The first-order valence-corrected chi connectivity index (χ1v) is 10.6. The van der Waals surface area contributed by atoms with E-state index in [-0.39, 0.29) is 24.6 Å². The monoisotopic (exact) mass is 445 g/mol. The Kier molecular flexibility index (Phi) is 8.07. The first-order valence-electron chi connectivity index (χ1n) is 10.6. The third kappa shape index (κ3) is 5.77. The Balaban J connectivity index is 1.52. The molecule has 32 heavy (non-hydrogen) atoms. The highest BCUT2D eigenvalue weighted by atomic mass is 16.5. The quantitative estimate of drug-likeness (QED) is 0.578. The van der Waals surface area contributed by atoms with E-state index >= 15 is 0 Å². The van der Waals surface area contributed by atoms with E-state index in [1.807, 2.05) is 18.2 Å². The maximum Gasteiger partial charge on any atom is 0.343 e. The molecule has 0 radical (unpaired) electrons. The number of aromatic nitrogens is 2. The highest BCUT2D eigenvalue weighted by Gasteiger charge is 2.23. The van der Waals surface area contributed by atoms with Gasteiger partial charge in [0, 0.05) is 45.3 Å². The molecule has 1 saturated heterocycles. The zero-order chi connectivity index (χ0) is 23.1. The smallest absolute Gasteiger partial charge is 0.343 e. The van der Waals surface area contributed by atoms with Crippen LogP contribution in [0, 0.1) is 0 Å². The topological polar surface area (TPSA) is 98.2 Å². The molecule has 1 aliphatic rings. The average molecular weight is 446 g/mol. The summed E-state index contributed by atoms with van der Waals surface area (Å²) in [7, 11) is 4.98. The predicted molar refractivity (Wildman–Crippen MR) is 119 cm³/mol. The van der Waals surface area contributed by atoms with Crippen LogP contribution in [-0.2, 0) is 23.1 Å². The minimum Gasteiger partial charge on any atom is -0.497 e. The van der Waals surface area contributed by atoms with Crippen LogP contribution in [0.5, 0.6) is 11.5 Å². The third-order valence-corrected chi connectivity index (χ3v) is 5.41. The number of nitrogens with one attached hydrogen (secondary N) is 1. The zero-order valence-electron chi connectivity index (χ0n) is 19.1. The molecule has 0 bridgehead atoms. The van der Waals surface area contributed by atoms with Crippen molar-refractivity contribution >= 4 is 17.7 Å². The fourth-order valence-corrected chi connectivity index (χ4v) is 3.67. The Morgan fingerprint density at radius 2 is 1.81 bits per heavy atom. The Bertz CT molecular complexity index is 937. The summed E-state index contributed by atoms with van der Waals surface area (Å²) in [5.41, 5.74) is 1.32. The van der Waals surface area contributed by atoms with Crippen LogP contribution in [0.3, 0.4) is 0 Å². The number of rotatable bonds is 9. The number of anilines is 1. The summed E-state index contributed by atoms with van der Waals surface area (Å²) in [5, 5.41) is 6.86. The van der Waals surface area contributed by atoms with Gasteiger partial charge in [0.25, 0.3) is 0 Å². The van der Waals surface area contributed by atoms with Crippen molar-refractivity contribution < 1.29 is 23.8 Å². The lowest BCUT2D eigenvalue weighted by molar-refractivity contribution is -0.117. The van der Waals surface area contributed by atoms with Crippen LogP contribution in [0.15, 0.2) is 24.4 Å². The van der Waals surface area contributed by atoms with Gasteiger partial charge in [-0.15, -0.1) is 0 Å². The van der Waals surface area contributed by atoms with E-state index in [0.29, 0.717) is 5.82 Å². The van der Waals surface area contributed by atoms with E-state index in [1.54, 1.807) is 28.2 Å². The highest BCUT2D eigenvalue weighted by Crippen LogP contribution is 2.25. The first kappa shape index (κ1) is 23.6. The number of ether oxygens (including phenoxy) is 3. The maximum atomic E-state index is 12.6. The van der Waals surface area contributed by atoms with Gasteiger partial charge >= 0.3 is 5.97 Å². The number of methoxy groups -OCH3 is 2. The second-order valence-corrected chi connectivity index (χ2v) is 7.53. The average Bonchev–Trinajstić information content (AvgIpc) is 3.15. The number of piperazine rings is 1. The van der Waals surface area contributed by atoms with Gasteiger partial charge in [0.05, 0.1) is 33.6 Å². The predicted octanol–water partition coefficient (Wildman–Crippen LogP) is 1.37. The van der Waals surface area contributed by atoms with Gasteiger partial charge in [-0.05, 0) is 25.1 Å². The largest absolute Gasteiger partial charge is 0.497 e. The Hall–Kier alpha value is -3.11. The first-order chi connectivity index (χ1) is 15.4. The summed E-state index contributed by atoms with van der Waals surface area (Å²) in [6.07, 6.45) is 1.40. The number of benzene rings is 1. The molecule has 0 saturated carbocycles. The molecular formula is C22H31N5O5. The number of carbonyl (C=O) groups is 2. The van der Waals surface area contributed by atoms with Crippen molar-refractivity contribution in [2.75, 3.05) is 58.9 Å². The number of aryl methyl sites for hydroxylation is 1. The lowest BCUT2D eigenvalue weighted by Gasteiger charge is -2.34. The molecule has 174 valence electrons.